The molecule has 0 aliphatic heterocycles. The first-order chi connectivity index (χ1) is 8.08. The number of nitrogens with one attached hydrogen (secondary N) is 1. The van der Waals surface area contributed by atoms with Crippen molar-refractivity contribution in [3.63, 3.8) is 0 Å². The van der Waals surface area contributed by atoms with Crippen molar-refractivity contribution in [2.24, 2.45) is 0 Å². The lowest BCUT2D eigenvalue weighted by Gasteiger charge is -2.04. The molecule has 0 radical (unpaired) electrons. The van der Waals surface area contributed by atoms with Crippen LogP contribution in [-0.2, 0) is 16.6 Å². The van der Waals surface area contributed by atoms with Crippen LogP contribution in [0.3, 0.4) is 0 Å². The van der Waals surface area contributed by atoms with E-state index < -0.39 is 10.0 Å². The largest absolute Gasteiger partial charge is 0.248 e. The van der Waals surface area contributed by atoms with Gasteiger partial charge in [-0.15, -0.1) is 11.3 Å². The van der Waals surface area contributed by atoms with Gasteiger partial charge >= 0.3 is 0 Å². The van der Waals surface area contributed by atoms with E-state index in [-0.39, 0.29) is 11.4 Å². The van der Waals surface area contributed by atoms with Crippen LogP contribution in [0, 0.1) is 0 Å². The molecule has 0 aliphatic carbocycles. The van der Waals surface area contributed by atoms with Crippen LogP contribution in [0.5, 0.6) is 0 Å². The van der Waals surface area contributed by atoms with Gasteiger partial charge in [-0.1, -0.05) is 11.6 Å². The summed E-state index contributed by atoms with van der Waals surface area (Å²) >= 11 is 7.10. The normalized spacial score (nSPS) is 11.6. The maximum atomic E-state index is 11.9. The van der Waals surface area contributed by atoms with Crippen LogP contribution in [0.4, 0.5) is 0 Å². The van der Waals surface area contributed by atoms with Crippen molar-refractivity contribution < 1.29 is 8.42 Å². The zero-order valence-corrected chi connectivity index (χ0v) is 11.0. The van der Waals surface area contributed by atoms with E-state index in [2.05, 4.69) is 9.71 Å². The van der Waals surface area contributed by atoms with E-state index in [0.717, 1.165) is 5.01 Å². The first-order valence-corrected chi connectivity index (χ1v) is 7.45. The summed E-state index contributed by atoms with van der Waals surface area (Å²) in [7, 11) is -3.50. The molecule has 0 unspecified atom stereocenters. The predicted molar refractivity (Wildman–Crippen MR) is 67.6 cm³/mol. The number of hydrogen-bond acceptors (Lipinski definition) is 4. The van der Waals surface area contributed by atoms with E-state index in [1.54, 1.807) is 23.7 Å². The number of halogens is 1. The summed E-state index contributed by atoms with van der Waals surface area (Å²) in [6.07, 6.45) is 1.64. The number of nitrogens with zero attached hydrogens (tertiary/aromatic N) is 1. The minimum Gasteiger partial charge on any atom is -0.248 e. The SMILES string of the molecule is O=S(=O)(NCc1nccs1)c1ccc(Cl)cc1. The molecule has 0 saturated carbocycles. The van der Waals surface area contributed by atoms with Gasteiger partial charge in [0.05, 0.1) is 11.4 Å². The highest BCUT2D eigenvalue weighted by atomic mass is 35.5. The van der Waals surface area contributed by atoms with E-state index in [1.165, 1.54) is 23.5 Å². The van der Waals surface area contributed by atoms with Gasteiger partial charge in [0.15, 0.2) is 0 Å². The van der Waals surface area contributed by atoms with Crippen LogP contribution in [0.25, 0.3) is 0 Å². The van der Waals surface area contributed by atoms with E-state index in [0.29, 0.717) is 5.02 Å². The number of benzene rings is 1. The third-order valence-electron chi connectivity index (χ3n) is 2.02. The maximum absolute atomic E-state index is 11.9. The molecular formula is C10H9ClN2O2S2. The fourth-order valence-corrected chi connectivity index (χ4v) is 2.96. The summed E-state index contributed by atoms with van der Waals surface area (Å²) in [5.41, 5.74) is 0. The zero-order chi connectivity index (χ0) is 12.3. The molecule has 1 heterocycles. The second-order valence-electron chi connectivity index (χ2n) is 3.20. The third kappa shape index (κ3) is 3.26. The second kappa shape index (κ2) is 5.14. The Morgan fingerprint density at radius 1 is 1.29 bits per heavy atom. The number of sulfonamides is 1. The lowest BCUT2D eigenvalue weighted by Crippen LogP contribution is -2.23. The Morgan fingerprint density at radius 2 is 2.00 bits per heavy atom. The molecule has 1 aromatic carbocycles. The molecule has 0 saturated heterocycles. The van der Waals surface area contributed by atoms with Crippen LogP contribution in [0.15, 0.2) is 40.7 Å². The van der Waals surface area contributed by atoms with Crippen molar-refractivity contribution in [3.05, 3.63) is 45.9 Å². The summed E-state index contributed by atoms with van der Waals surface area (Å²) < 4.78 is 26.2. The first-order valence-electron chi connectivity index (χ1n) is 4.71. The van der Waals surface area contributed by atoms with Gasteiger partial charge < -0.3 is 0 Å². The van der Waals surface area contributed by atoms with E-state index in [4.69, 9.17) is 11.6 Å². The van der Waals surface area contributed by atoms with Crippen molar-refractivity contribution in [1.29, 1.82) is 0 Å². The van der Waals surface area contributed by atoms with Gasteiger partial charge in [-0.25, -0.2) is 18.1 Å². The number of hydrogen-bond donors (Lipinski definition) is 1. The van der Waals surface area contributed by atoms with Crippen LogP contribution in [0.2, 0.25) is 5.02 Å². The van der Waals surface area contributed by atoms with Gasteiger partial charge in [-0.2, -0.15) is 0 Å². The topological polar surface area (TPSA) is 59.1 Å². The van der Waals surface area contributed by atoms with Crippen molar-refractivity contribution in [2.45, 2.75) is 11.4 Å². The Balaban J connectivity index is 2.11. The smallest absolute Gasteiger partial charge is 0.240 e. The Bertz CT molecular complexity index is 579. The zero-order valence-electron chi connectivity index (χ0n) is 8.63. The molecule has 7 heteroatoms. The highest BCUT2D eigenvalue weighted by Crippen LogP contribution is 2.14. The molecule has 0 bridgehead atoms. The summed E-state index contributed by atoms with van der Waals surface area (Å²) in [4.78, 5) is 4.19. The number of thiazole rings is 1. The Kier molecular flexibility index (Phi) is 3.78. The van der Waals surface area contributed by atoms with Crippen LogP contribution >= 0.6 is 22.9 Å². The van der Waals surface area contributed by atoms with Gasteiger partial charge in [0, 0.05) is 16.6 Å². The van der Waals surface area contributed by atoms with E-state index in [9.17, 15) is 8.42 Å². The maximum Gasteiger partial charge on any atom is 0.240 e. The van der Waals surface area contributed by atoms with Crippen molar-refractivity contribution in [2.75, 3.05) is 0 Å². The summed E-state index contributed by atoms with van der Waals surface area (Å²) in [5.74, 6) is 0. The van der Waals surface area contributed by atoms with E-state index >= 15 is 0 Å². The Morgan fingerprint density at radius 3 is 2.59 bits per heavy atom. The van der Waals surface area contributed by atoms with Crippen molar-refractivity contribution in [1.82, 2.24) is 9.71 Å². The molecule has 90 valence electrons. The molecule has 0 spiro atoms. The second-order valence-corrected chi connectivity index (χ2v) is 6.39. The average Bonchev–Trinajstić information content (AvgIpc) is 2.80. The van der Waals surface area contributed by atoms with Gasteiger partial charge in [-0.05, 0) is 24.3 Å². The van der Waals surface area contributed by atoms with Gasteiger partial charge in [-0.3, -0.25) is 0 Å². The lowest BCUT2D eigenvalue weighted by molar-refractivity contribution is 0.581. The molecule has 2 aromatic rings. The van der Waals surface area contributed by atoms with Crippen LogP contribution in [0.1, 0.15) is 5.01 Å². The summed E-state index contributed by atoms with van der Waals surface area (Å²) in [6.45, 7) is 0.197. The predicted octanol–water partition coefficient (Wildman–Crippen LogP) is 2.28. The Labute approximate surface area is 108 Å². The van der Waals surface area contributed by atoms with E-state index in [1.807, 2.05) is 0 Å². The molecule has 0 fully saturated rings. The molecule has 4 nitrogen and oxygen atoms in total. The van der Waals surface area contributed by atoms with Gasteiger partial charge in [0.1, 0.15) is 5.01 Å². The molecule has 1 aromatic heterocycles. The fourth-order valence-electron chi connectivity index (χ4n) is 1.19. The quantitative estimate of drug-likeness (QED) is 0.939. The van der Waals surface area contributed by atoms with Crippen molar-refractivity contribution >= 4 is 33.0 Å². The molecular weight excluding hydrogens is 280 g/mol. The minimum absolute atomic E-state index is 0.193. The molecule has 0 amide bonds. The molecule has 17 heavy (non-hydrogen) atoms. The van der Waals surface area contributed by atoms with Gasteiger partial charge in [0.25, 0.3) is 0 Å². The molecule has 0 atom stereocenters. The summed E-state index contributed by atoms with van der Waals surface area (Å²) in [5, 5.41) is 3.03. The molecule has 1 N–H and O–H groups in total. The lowest BCUT2D eigenvalue weighted by atomic mass is 10.4. The van der Waals surface area contributed by atoms with Gasteiger partial charge in [0.2, 0.25) is 10.0 Å². The first kappa shape index (κ1) is 12.5. The number of rotatable bonds is 4. The third-order valence-corrected chi connectivity index (χ3v) is 4.47. The average molecular weight is 289 g/mol. The fraction of sp³-hybridized carbons (Fsp3) is 0.100. The van der Waals surface area contributed by atoms with Crippen LogP contribution in [-0.4, -0.2) is 13.4 Å². The summed E-state index contributed by atoms with van der Waals surface area (Å²) in [6, 6.07) is 6.01. The van der Waals surface area contributed by atoms with Crippen LogP contribution < -0.4 is 4.72 Å². The number of aromatic nitrogens is 1. The highest BCUT2D eigenvalue weighted by Gasteiger charge is 2.13. The molecule has 2 rings (SSSR count). The minimum atomic E-state index is -3.50. The standard InChI is InChI=1S/C10H9ClN2O2S2/c11-8-1-3-9(4-2-8)17(14,15)13-7-10-12-5-6-16-10/h1-6,13H,7H2. The highest BCUT2D eigenvalue weighted by molar-refractivity contribution is 7.89. The monoisotopic (exact) mass is 288 g/mol. The molecule has 0 aliphatic rings. The van der Waals surface area contributed by atoms with Crippen molar-refractivity contribution in [3.8, 4) is 0 Å². The Hall–Kier alpha value is -0.950.